The van der Waals surface area contributed by atoms with Gasteiger partial charge in [-0.1, -0.05) is 6.92 Å². The second-order valence-electron chi connectivity index (χ2n) is 4.97. The molecule has 0 N–H and O–H groups in total. The quantitative estimate of drug-likeness (QED) is 0.564. The van der Waals surface area contributed by atoms with Crippen LogP contribution in [0.5, 0.6) is 0 Å². The van der Waals surface area contributed by atoms with Crippen molar-refractivity contribution in [1.82, 2.24) is 4.90 Å². The smallest absolute Gasteiger partial charge is 0.413 e. The first kappa shape index (κ1) is 15.7. The van der Waals surface area contributed by atoms with Gasteiger partial charge in [-0.2, -0.15) is 0 Å². The molecule has 0 saturated carbocycles. The maximum absolute atomic E-state index is 11.9. The number of carbonyl (C=O) groups excluding carboxylic acids is 2. The van der Waals surface area contributed by atoms with Crippen molar-refractivity contribution in [2.24, 2.45) is 0 Å². The van der Waals surface area contributed by atoms with Gasteiger partial charge >= 0.3 is 12.1 Å². The summed E-state index contributed by atoms with van der Waals surface area (Å²) in [5.74, 6) is -0.415. The summed E-state index contributed by atoms with van der Waals surface area (Å²) in [5.41, 5.74) is -0.557. The SMILES string of the molecule is CCC(C)N(COC(C)=O)C(=O)OC(C)(C)C. The van der Waals surface area contributed by atoms with Crippen molar-refractivity contribution in [3.63, 3.8) is 0 Å². The Morgan fingerprint density at radius 2 is 1.82 bits per heavy atom. The summed E-state index contributed by atoms with van der Waals surface area (Å²) in [6.07, 6.45) is 0.300. The van der Waals surface area contributed by atoms with Crippen molar-refractivity contribution in [2.45, 2.75) is 59.6 Å². The lowest BCUT2D eigenvalue weighted by Crippen LogP contribution is -2.43. The first-order valence-corrected chi connectivity index (χ1v) is 5.80. The van der Waals surface area contributed by atoms with Crippen LogP contribution in [0.2, 0.25) is 0 Å². The van der Waals surface area contributed by atoms with Gasteiger partial charge in [-0.3, -0.25) is 9.69 Å². The van der Waals surface area contributed by atoms with Crippen molar-refractivity contribution >= 4 is 12.1 Å². The number of ether oxygens (including phenoxy) is 2. The van der Waals surface area contributed by atoms with Crippen molar-refractivity contribution in [1.29, 1.82) is 0 Å². The van der Waals surface area contributed by atoms with Gasteiger partial charge in [-0.25, -0.2) is 4.79 Å². The van der Waals surface area contributed by atoms with Gasteiger partial charge in [-0.15, -0.1) is 0 Å². The van der Waals surface area contributed by atoms with E-state index >= 15 is 0 Å². The maximum atomic E-state index is 11.9. The third-order valence-corrected chi connectivity index (χ3v) is 2.16. The predicted octanol–water partition coefficient (Wildman–Crippen LogP) is 2.54. The minimum absolute atomic E-state index is 0.0378. The van der Waals surface area contributed by atoms with E-state index in [1.165, 1.54) is 11.8 Å². The minimum Gasteiger partial charge on any atom is -0.444 e. The van der Waals surface area contributed by atoms with Gasteiger partial charge in [0.05, 0.1) is 0 Å². The van der Waals surface area contributed by atoms with Gasteiger partial charge in [0.2, 0.25) is 0 Å². The third kappa shape index (κ3) is 6.81. The zero-order valence-corrected chi connectivity index (χ0v) is 11.6. The second kappa shape index (κ2) is 6.47. The molecule has 0 aliphatic carbocycles. The average Bonchev–Trinajstić information content (AvgIpc) is 2.14. The Balaban J connectivity index is 4.56. The van der Waals surface area contributed by atoms with Crippen molar-refractivity contribution < 1.29 is 19.1 Å². The van der Waals surface area contributed by atoms with E-state index in [4.69, 9.17) is 9.47 Å². The highest BCUT2D eigenvalue weighted by atomic mass is 16.6. The highest BCUT2D eigenvalue weighted by Crippen LogP contribution is 2.13. The molecule has 5 nitrogen and oxygen atoms in total. The molecule has 1 atom stereocenters. The molecule has 1 unspecified atom stereocenters. The topological polar surface area (TPSA) is 55.8 Å². The Kier molecular flexibility index (Phi) is 5.99. The van der Waals surface area contributed by atoms with Crippen LogP contribution in [-0.4, -0.2) is 35.3 Å². The van der Waals surface area contributed by atoms with E-state index in [0.29, 0.717) is 0 Å². The van der Waals surface area contributed by atoms with E-state index in [-0.39, 0.29) is 12.8 Å². The summed E-state index contributed by atoms with van der Waals surface area (Å²) < 4.78 is 10.1. The van der Waals surface area contributed by atoms with Crippen molar-refractivity contribution in [2.75, 3.05) is 6.73 Å². The van der Waals surface area contributed by atoms with Crippen molar-refractivity contribution in [3.8, 4) is 0 Å². The molecule has 0 aromatic heterocycles. The van der Waals surface area contributed by atoms with Crippen LogP contribution in [0.4, 0.5) is 4.79 Å². The fraction of sp³-hybridized carbons (Fsp3) is 0.833. The van der Waals surface area contributed by atoms with E-state index in [0.717, 1.165) is 6.42 Å². The number of carbonyl (C=O) groups is 2. The van der Waals surface area contributed by atoms with Gasteiger partial charge in [-0.05, 0) is 34.1 Å². The number of rotatable bonds is 4. The molecular weight excluding hydrogens is 222 g/mol. The molecule has 0 aliphatic rings. The molecule has 0 fully saturated rings. The summed E-state index contributed by atoms with van der Waals surface area (Å²) in [4.78, 5) is 24.1. The molecule has 0 aromatic carbocycles. The van der Waals surface area contributed by atoms with Gasteiger partial charge in [0.1, 0.15) is 5.60 Å². The molecule has 0 bridgehead atoms. The van der Waals surface area contributed by atoms with E-state index in [1.54, 1.807) is 20.8 Å². The second-order valence-corrected chi connectivity index (χ2v) is 4.97. The molecule has 1 amide bonds. The monoisotopic (exact) mass is 245 g/mol. The highest BCUT2D eigenvalue weighted by molar-refractivity contribution is 5.69. The summed E-state index contributed by atoms with van der Waals surface area (Å²) >= 11 is 0. The van der Waals surface area contributed by atoms with Crippen molar-refractivity contribution in [3.05, 3.63) is 0 Å². The average molecular weight is 245 g/mol. The molecule has 5 heteroatoms. The van der Waals surface area contributed by atoms with Gasteiger partial charge in [0.15, 0.2) is 6.73 Å². The predicted molar refractivity (Wildman–Crippen MR) is 64.5 cm³/mol. The molecule has 17 heavy (non-hydrogen) atoms. The summed E-state index contributed by atoms with van der Waals surface area (Å²) in [7, 11) is 0. The van der Waals surface area contributed by atoms with Crippen LogP contribution in [0.15, 0.2) is 0 Å². The zero-order chi connectivity index (χ0) is 13.6. The molecule has 0 rings (SSSR count). The van der Waals surface area contributed by atoms with Crippen LogP contribution in [0.1, 0.15) is 48.0 Å². The lowest BCUT2D eigenvalue weighted by molar-refractivity contribution is -0.146. The minimum atomic E-state index is -0.557. The van der Waals surface area contributed by atoms with Crippen LogP contribution in [0.3, 0.4) is 0 Å². The van der Waals surface area contributed by atoms with Gasteiger partial charge in [0.25, 0.3) is 0 Å². The van der Waals surface area contributed by atoms with Crippen LogP contribution < -0.4 is 0 Å². The Morgan fingerprint density at radius 3 is 2.18 bits per heavy atom. The molecule has 0 aliphatic heterocycles. The first-order chi connectivity index (χ1) is 7.67. The van der Waals surface area contributed by atoms with Crippen LogP contribution in [0.25, 0.3) is 0 Å². The third-order valence-electron chi connectivity index (χ3n) is 2.16. The number of amides is 1. The number of esters is 1. The standard InChI is InChI=1S/C12H23NO4/c1-7-9(2)13(8-16-10(3)14)11(15)17-12(4,5)6/h9H,7-8H2,1-6H3. The summed E-state index contributed by atoms with van der Waals surface area (Å²) in [5, 5.41) is 0. The normalized spacial score (nSPS) is 12.8. The number of nitrogens with zero attached hydrogens (tertiary/aromatic N) is 1. The van der Waals surface area contributed by atoms with Crippen LogP contribution in [-0.2, 0) is 14.3 Å². The molecule has 0 radical (unpaired) electrons. The molecule has 0 heterocycles. The largest absolute Gasteiger partial charge is 0.444 e. The Bertz CT molecular complexity index is 270. The molecule has 0 saturated heterocycles. The molecule has 100 valence electrons. The lowest BCUT2D eigenvalue weighted by Gasteiger charge is -2.30. The number of hydrogen-bond acceptors (Lipinski definition) is 4. The van der Waals surface area contributed by atoms with E-state index in [1.807, 2.05) is 13.8 Å². The maximum Gasteiger partial charge on any atom is 0.413 e. The highest BCUT2D eigenvalue weighted by Gasteiger charge is 2.25. The Morgan fingerprint density at radius 1 is 1.29 bits per heavy atom. The number of hydrogen-bond donors (Lipinski definition) is 0. The van der Waals surface area contributed by atoms with Gasteiger partial charge in [0, 0.05) is 13.0 Å². The fourth-order valence-electron chi connectivity index (χ4n) is 1.06. The van der Waals surface area contributed by atoms with Crippen LogP contribution >= 0.6 is 0 Å². The fourth-order valence-corrected chi connectivity index (χ4v) is 1.06. The Hall–Kier alpha value is -1.26. The summed E-state index contributed by atoms with van der Waals surface area (Å²) in [6, 6.07) is -0.0378. The zero-order valence-electron chi connectivity index (χ0n) is 11.6. The molecule has 0 spiro atoms. The van der Waals surface area contributed by atoms with Gasteiger partial charge < -0.3 is 9.47 Å². The summed E-state index contributed by atoms with van der Waals surface area (Å²) in [6.45, 7) is 10.5. The first-order valence-electron chi connectivity index (χ1n) is 5.80. The lowest BCUT2D eigenvalue weighted by atomic mass is 10.2. The molecule has 0 aromatic rings. The van der Waals surface area contributed by atoms with E-state index < -0.39 is 17.7 Å². The van der Waals surface area contributed by atoms with E-state index in [2.05, 4.69) is 0 Å². The Labute approximate surface area is 103 Å². The van der Waals surface area contributed by atoms with E-state index in [9.17, 15) is 9.59 Å². The van der Waals surface area contributed by atoms with Crippen LogP contribution in [0, 0.1) is 0 Å². The molecular formula is C12H23NO4.